The molecule has 0 bridgehead atoms. The number of ether oxygens (including phenoxy) is 2. The smallest absolute Gasteiger partial charge is 0.337 e. The van der Waals surface area contributed by atoms with E-state index in [0.29, 0.717) is 24.4 Å². The third-order valence-electron chi connectivity index (χ3n) is 1.78. The molecule has 1 rings (SSSR count). The fraction of sp³-hybridized carbons (Fsp3) is 0.444. The third-order valence-corrected chi connectivity index (χ3v) is 1.78. The van der Waals surface area contributed by atoms with Crippen molar-refractivity contribution in [1.29, 1.82) is 0 Å². The van der Waals surface area contributed by atoms with Gasteiger partial charge in [-0.15, -0.1) is 0 Å². The zero-order valence-corrected chi connectivity index (χ0v) is 7.35. The summed E-state index contributed by atoms with van der Waals surface area (Å²) in [4.78, 5) is 11.1. The molecular weight excluding hydrogens is 156 g/mol. The predicted octanol–water partition coefficient (Wildman–Crippen LogP) is 1.41. The van der Waals surface area contributed by atoms with E-state index in [-0.39, 0.29) is 5.97 Å². The van der Waals surface area contributed by atoms with Crippen molar-refractivity contribution in [2.45, 2.75) is 13.3 Å². The van der Waals surface area contributed by atoms with Crippen molar-refractivity contribution in [3.05, 3.63) is 23.5 Å². The highest BCUT2D eigenvalue weighted by molar-refractivity contribution is 5.89. The lowest BCUT2D eigenvalue weighted by Crippen LogP contribution is -2.15. The normalized spacial score (nSPS) is 17.3. The number of carbonyl (C=O) groups is 1. The first-order valence-electron chi connectivity index (χ1n) is 3.72. The summed E-state index contributed by atoms with van der Waals surface area (Å²) in [6.45, 7) is 6.02. The van der Waals surface area contributed by atoms with Crippen LogP contribution in [0.1, 0.15) is 13.3 Å². The number of hydrogen-bond donors (Lipinski definition) is 0. The van der Waals surface area contributed by atoms with Gasteiger partial charge in [0.25, 0.3) is 0 Å². The maximum atomic E-state index is 11.1. The van der Waals surface area contributed by atoms with E-state index in [0.717, 1.165) is 5.57 Å². The molecule has 0 fully saturated rings. The molecule has 0 aliphatic carbocycles. The molecule has 0 aromatic rings. The lowest BCUT2D eigenvalue weighted by atomic mass is 10.0. The second-order valence-electron chi connectivity index (χ2n) is 2.74. The van der Waals surface area contributed by atoms with Crippen molar-refractivity contribution in [3.8, 4) is 0 Å². The number of allylic oxidation sites excluding steroid dienone is 1. The van der Waals surface area contributed by atoms with Gasteiger partial charge in [0.2, 0.25) is 0 Å². The molecule has 1 aliphatic rings. The van der Waals surface area contributed by atoms with Crippen LogP contribution in [-0.4, -0.2) is 19.7 Å². The van der Waals surface area contributed by atoms with Crippen LogP contribution in [0, 0.1) is 0 Å². The fourth-order valence-corrected chi connectivity index (χ4v) is 1.06. The minimum atomic E-state index is -0.326. The summed E-state index contributed by atoms with van der Waals surface area (Å²) in [5, 5.41) is 0. The maximum Gasteiger partial charge on any atom is 0.337 e. The van der Waals surface area contributed by atoms with Gasteiger partial charge in [0.05, 0.1) is 12.7 Å². The summed E-state index contributed by atoms with van der Waals surface area (Å²) in [7, 11) is 1.36. The second-order valence-corrected chi connectivity index (χ2v) is 2.74. The Labute approximate surface area is 71.7 Å². The molecule has 0 radical (unpaired) electrons. The van der Waals surface area contributed by atoms with Gasteiger partial charge in [-0.05, 0) is 12.5 Å². The van der Waals surface area contributed by atoms with E-state index in [4.69, 9.17) is 4.74 Å². The zero-order chi connectivity index (χ0) is 9.14. The van der Waals surface area contributed by atoms with Crippen molar-refractivity contribution < 1.29 is 14.3 Å². The Kier molecular flexibility index (Phi) is 2.53. The second kappa shape index (κ2) is 3.43. The Hall–Kier alpha value is -1.25. The van der Waals surface area contributed by atoms with Crippen molar-refractivity contribution in [1.82, 2.24) is 0 Å². The van der Waals surface area contributed by atoms with Crippen LogP contribution < -0.4 is 0 Å². The van der Waals surface area contributed by atoms with E-state index >= 15 is 0 Å². The summed E-state index contributed by atoms with van der Waals surface area (Å²) < 4.78 is 9.80. The topological polar surface area (TPSA) is 35.5 Å². The monoisotopic (exact) mass is 168 g/mol. The SMILES string of the molecule is C=C1COC(C)=C(C(=O)OC)C1. The summed E-state index contributed by atoms with van der Waals surface area (Å²) >= 11 is 0. The van der Waals surface area contributed by atoms with Gasteiger partial charge in [-0.1, -0.05) is 6.58 Å². The van der Waals surface area contributed by atoms with E-state index in [1.165, 1.54) is 7.11 Å². The van der Waals surface area contributed by atoms with Crippen LogP contribution in [0.2, 0.25) is 0 Å². The van der Waals surface area contributed by atoms with Crippen molar-refractivity contribution in [2.24, 2.45) is 0 Å². The first kappa shape index (κ1) is 8.84. The molecule has 12 heavy (non-hydrogen) atoms. The van der Waals surface area contributed by atoms with Gasteiger partial charge in [0, 0.05) is 6.42 Å². The van der Waals surface area contributed by atoms with Crippen LogP contribution in [0.3, 0.4) is 0 Å². The average Bonchev–Trinajstić information content (AvgIpc) is 2.08. The van der Waals surface area contributed by atoms with Crippen LogP contribution >= 0.6 is 0 Å². The standard InChI is InChI=1S/C9H12O3/c1-6-4-8(9(10)11-3)7(2)12-5-6/h1,4-5H2,2-3H3. The molecule has 1 heterocycles. The Bertz CT molecular complexity index is 250. The number of carbonyl (C=O) groups excluding carboxylic acids is 1. The Balaban J connectivity index is 2.84. The highest BCUT2D eigenvalue weighted by Crippen LogP contribution is 2.22. The van der Waals surface area contributed by atoms with E-state index in [1.54, 1.807) is 6.92 Å². The van der Waals surface area contributed by atoms with E-state index < -0.39 is 0 Å². The molecule has 0 amide bonds. The van der Waals surface area contributed by atoms with Crippen LogP contribution in [0.4, 0.5) is 0 Å². The first-order chi connectivity index (χ1) is 5.65. The van der Waals surface area contributed by atoms with E-state index in [1.807, 2.05) is 0 Å². The van der Waals surface area contributed by atoms with Gasteiger partial charge < -0.3 is 9.47 Å². The first-order valence-corrected chi connectivity index (χ1v) is 3.72. The van der Waals surface area contributed by atoms with Crippen LogP contribution in [0.5, 0.6) is 0 Å². The zero-order valence-electron chi connectivity index (χ0n) is 7.35. The molecule has 0 aromatic carbocycles. The quantitative estimate of drug-likeness (QED) is 0.438. The van der Waals surface area contributed by atoms with Gasteiger partial charge in [0.1, 0.15) is 12.4 Å². The fourth-order valence-electron chi connectivity index (χ4n) is 1.06. The molecule has 0 saturated carbocycles. The number of esters is 1. The molecule has 66 valence electrons. The van der Waals surface area contributed by atoms with E-state index in [9.17, 15) is 4.79 Å². The summed E-state index contributed by atoms with van der Waals surface area (Å²) in [6.07, 6.45) is 0.568. The van der Waals surface area contributed by atoms with Gasteiger partial charge >= 0.3 is 5.97 Å². The molecule has 3 nitrogen and oxygen atoms in total. The highest BCUT2D eigenvalue weighted by atomic mass is 16.5. The number of methoxy groups -OCH3 is 1. The minimum Gasteiger partial charge on any atom is -0.493 e. The Morgan fingerprint density at radius 1 is 1.67 bits per heavy atom. The molecule has 0 atom stereocenters. The Morgan fingerprint density at radius 2 is 2.33 bits per heavy atom. The molecule has 3 heteroatoms. The predicted molar refractivity (Wildman–Crippen MR) is 44.4 cm³/mol. The third kappa shape index (κ3) is 1.67. The number of rotatable bonds is 1. The van der Waals surface area contributed by atoms with Crippen LogP contribution in [0.15, 0.2) is 23.5 Å². The molecule has 0 unspecified atom stereocenters. The summed E-state index contributed by atoms with van der Waals surface area (Å²) in [5.41, 5.74) is 1.48. The van der Waals surface area contributed by atoms with E-state index in [2.05, 4.69) is 11.3 Å². The van der Waals surface area contributed by atoms with Gasteiger partial charge in [-0.2, -0.15) is 0 Å². The van der Waals surface area contributed by atoms with Crippen LogP contribution in [-0.2, 0) is 14.3 Å². The van der Waals surface area contributed by atoms with Crippen molar-refractivity contribution in [3.63, 3.8) is 0 Å². The Morgan fingerprint density at radius 3 is 2.92 bits per heavy atom. The molecule has 0 spiro atoms. The maximum absolute atomic E-state index is 11.1. The molecule has 1 aliphatic heterocycles. The average molecular weight is 168 g/mol. The minimum absolute atomic E-state index is 0.326. The highest BCUT2D eigenvalue weighted by Gasteiger charge is 2.19. The lowest BCUT2D eigenvalue weighted by Gasteiger charge is -2.18. The van der Waals surface area contributed by atoms with Crippen molar-refractivity contribution in [2.75, 3.05) is 13.7 Å². The largest absolute Gasteiger partial charge is 0.493 e. The molecular formula is C9H12O3. The molecule has 0 saturated heterocycles. The van der Waals surface area contributed by atoms with Crippen LogP contribution in [0.25, 0.3) is 0 Å². The molecule has 0 N–H and O–H groups in total. The van der Waals surface area contributed by atoms with Gasteiger partial charge in [-0.3, -0.25) is 0 Å². The summed E-state index contributed by atoms with van der Waals surface area (Å²) in [6, 6.07) is 0. The lowest BCUT2D eigenvalue weighted by molar-refractivity contribution is -0.136. The number of hydrogen-bond acceptors (Lipinski definition) is 3. The van der Waals surface area contributed by atoms with Crippen molar-refractivity contribution >= 4 is 5.97 Å². The van der Waals surface area contributed by atoms with Gasteiger partial charge in [0.15, 0.2) is 0 Å². The summed E-state index contributed by atoms with van der Waals surface area (Å²) in [5.74, 6) is 0.322. The van der Waals surface area contributed by atoms with Gasteiger partial charge in [-0.25, -0.2) is 4.79 Å². The molecule has 0 aromatic heterocycles.